The van der Waals surface area contributed by atoms with Crippen LogP contribution < -0.4 is 9.80 Å². The second kappa shape index (κ2) is 10.9. The molecule has 0 spiro atoms. The highest BCUT2D eigenvalue weighted by molar-refractivity contribution is 5.99. The molecule has 0 radical (unpaired) electrons. The molecule has 41 heavy (non-hydrogen) atoms. The maximum Gasteiger partial charge on any atom is 0.416 e. The van der Waals surface area contributed by atoms with Gasteiger partial charge < -0.3 is 19.6 Å². The van der Waals surface area contributed by atoms with Crippen molar-refractivity contribution in [3.05, 3.63) is 59.2 Å². The fourth-order valence-electron chi connectivity index (χ4n) is 6.17. The van der Waals surface area contributed by atoms with Crippen LogP contribution in [0.25, 0.3) is 0 Å². The van der Waals surface area contributed by atoms with Gasteiger partial charge in [-0.15, -0.1) is 0 Å². The number of alkyl halides is 3. The Hall–Kier alpha value is -3.25. The summed E-state index contributed by atoms with van der Waals surface area (Å²) in [6.45, 7) is 4.13. The standard InChI is InChI=1S/C29H32F5N3O4/c1-17-15-36(9-10-37(17)21-5-6-25(31)24(14-21)26(38)39)22-7-8-28(41-16-22,18-3-4-18)27(40)35(2)23-12-19(29(32,33)34)11-20(30)13-23/h5-6,11-14,17-18,22H,3-4,7-10,15-16H2,1-2H3,(H,38,39)/t17-,22+,28-/m0/s1. The molecule has 2 aliphatic heterocycles. The van der Waals surface area contributed by atoms with Crippen LogP contribution in [-0.2, 0) is 15.7 Å². The van der Waals surface area contributed by atoms with Gasteiger partial charge in [-0.1, -0.05) is 0 Å². The first kappa shape index (κ1) is 29.2. The molecule has 1 N–H and O–H groups in total. The van der Waals surface area contributed by atoms with E-state index in [2.05, 4.69) is 4.90 Å². The Balaban J connectivity index is 1.26. The van der Waals surface area contributed by atoms with E-state index in [1.165, 1.54) is 13.1 Å². The van der Waals surface area contributed by atoms with Crippen molar-refractivity contribution in [1.82, 2.24) is 4.90 Å². The zero-order valence-corrected chi connectivity index (χ0v) is 22.8. The summed E-state index contributed by atoms with van der Waals surface area (Å²) in [5.74, 6) is -3.71. The molecule has 7 nitrogen and oxygen atoms in total. The summed E-state index contributed by atoms with van der Waals surface area (Å²) in [5, 5.41) is 9.28. The fourth-order valence-corrected chi connectivity index (χ4v) is 6.17. The molecule has 12 heteroatoms. The highest BCUT2D eigenvalue weighted by Crippen LogP contribution is 2.48. The van der Waals surface area contributed by atoms with Crippen molar-refractivity contribution in [3.63, 3.8) is 0 Å². The minimum Gasteiger partial charge on any atom is -0.478 e. The Labute approximate surface area is 234 Å². The first-order valence-corrected chi connectivity index (χ1v) is 13.6. The molecule has 3 fully saturated rings. The average Bonchev–Trinajstić information content (AvgIpc) is 3.78. The van der Waals surface area contributed by atoms with Crippen LogP contribution in [0.15, 0.2) is 36.4 Å². The van der Waals surface area contributed by atoms with Crippen molar-refractivity contribution in [1.29, 1.82) is 0 Å². The number of hydrogen-bond acceptors (Lipinski definition) is 5. The smallest absolute Gasteiger partial charge is 0.416 e. The molecule has 0 aromatic heterocycles. The van der Waals surface area contributed by atoms with Crippen LogP contribution in [0.2, 0.25) is 0 Å². The molecule has 2 saturated heterocycles. The van der Waals surface area contributed by atoms with Gasteiger partial charge in [0.2, 0.25) is 0 Å². The van der Waals surface area contributed by atoms with Crippen LogP contribution in [0.3, 0.4) is 0 Å². The lowest BCUT2D eigenvalue weighted by Crippen LogP contribution is -2.60. The number of carboxylic acid groups (broad SMARTS) is 1. The molecule has 2 aromatic carbocycles. The maximum absolute atomic E-state index is 14.1. The minimum absolute atomic E-state index is 0.00505. The Morgan fingerprint density at radius 2 is 1.80 bits per heavy atom. The number of rotatable bonds is 6. The second-order valence-corrected chi connectivity index (χ2v) is 11.2. The molecular weight excluding hydrogens is 549 g/mol. The van der Waals surface area contributed by atoms with E-state index < -0.39 is 40.9 Å². The van der Waals surface area contributed by atoms with E-state index in [0.29, 0.717) is 44.2 Å². The van der Waals surface area contributed by atoms with E-state index >= 15 is 0 Å². The van der Waals surface area contributed by atoms with Crippen molar-refractivity contribution in [2.24, 2.45) is 5.92 Å². The number of nitrogens with zero attached hydrogens (tertiary/aromatic N) is 3. The zero-order valence-electron chi connectivity index (χ0n) is 22.8. The van der Waals surface area contributed by atoms with Crippen LogP contribution in [0.5, 0.6) is 0 Å². The van der Waals surface area contributed by atoms with Gasteiger partial charge in [-0.05, 0) is 74.9 Å². The topological polar surface area (TPSA) is 73.3 Å². The average molecular weight is 582 g/mol. The van der Waals surface area contributed by atoms with Crippen LogP contribution >= 0.6 is 0 Å². The van der Waals surface area contributed by atoms with Crippen molar-refractivity contribution >= 4 is 23.3 Å². The van der Waals surface area contributed by atoms with Crippen LogP contribution in [0.4, 0.5) is 33.3 Å². The predicted octanol–water partition coefficient (Wildman–Crippen LogP) is 5.18. The van der Waals surface area contributed by atoms with Gasteiger partial charge in [0, 0.05) is 50.1 Å². The molecule has 3 aliphatic rings. The molecular formula is C29H32F5N3O4. The van der Waals surface area contributed by atoms with Crippen molar-refractivity contribution in [2.45, 2.75) is 56.5 Å². The number of hydrogen-bond donors (Lipinski definition) is 1. The number of ether oxygens (including phenoxy) is 1. The summed E-state index contributed by atoms with van der Waals surface area (Å²) in [4.78, 5) is 30.5. The number of likely N-dealkylation sites (N-methyl/N-ethyl adjacent to an activating group) is 1. The molecule has 0 bridgehead atoms. The third kappa shape index (κ3) is 5.76. The first-order valence-electron chi connectivity index (χ1n) is 13.6. The quantitative estimate of drug-likeness (QED) is 0.474. The Morgan fingerprint density at radius 1 is 1.07 bits per heavy atom. The number of benzene rings is 2. The van der Waals surface area contributed by atoms with E-state index in [9.17, 15) is 36.6 Å². The minimum atomic E-state index is -4.75. The van der Waals surface area contributed by atoms with Gasteiger partial charge in [0.25, 0.3) is 5.91 Å². The van der Waals surface area contributed by atoms with Crippen LogP contribution in [0.1, 0.15) is 48.5 Å². The summed E-state index contributed by atoms with van der Waals surface area (Å²) in [5.41, 5.74) is -2.26. The predicted molar refractivity (Wildman–Crippen MR) is 141 cm³/mol. The fraction of sp³-hybridized carbons (Fsp3) is 0.517. The van der Waals surface area contributed by atoms with Crippen LogP contribution in [-0.4, -0.2) is 72.9 Å². The lowest BCUT2D eigenvalue weighted by atomic mass is 9.85. The summed E-state index contributed by atoms with van der Waals surface area (Å²) >= 11 is 0. The normalized spacial score (nSPS) is 25.7. The van der Waals surface area contributed by atoms with E-state index in [0.717, 1.165) is 35.9 Å². The van der Waals surface area contributed by atoms with E-state index in [1.807, 2.05) is 11.8 Å². The Kier molecular flexibility index (Phi) is 7.75. The molecule has 1 amide bonds. The molecule has 3 atom stereocenters. The lowest BCUT2D eigenvalue weighted by molar-refractivity contribution is -0.162. The number of halogens is 5. The summed E-state index contributed by atoms with van der Waals surface area (Å²) in [7, 11) is 1.35. The van der Waals surface area contributed by atoms with Gasteiger partial charge in [-0.3, -0.25) is 9.69 Å². The number of anilines is 2. The monoisotopic (exact) mass is 581 g/mol. The van der Waals surface area contributed by atoms with Crippen molar-refractivity contribution in [3.8, 4) is 0 Å². The molecule has 0 unspecified atom stereocenters. The maximum atomic E-state index is 14.1. The van der Waals surface area contributed by atoms with Gasteiger partial charge in [0.1, 0.15) is 17.2 Å². The lowest BCUT2D eigenvalue weighted by Gasteiger charge is -2.48. The molecule has 222 valence electrons. The summed E-state index contributed by atoms with van der Waals surface area (Å²) in [6.07, 6.45) is -2.18. The molecule has 2 heterocycles. The van der Waals surface area contributed by atoms with E-state index in [1.54, 1.807) is 6.07 Å². The largest absolute Gasteiger partial charge is 0.478 e. The number of carbonyl (C=O) groups excluding carboxylic acids is 1. The van der Waals surface area contributed by atoms with E-state index in [-0.39, 0.29) is 35.9 Å². The number of amides is 1. The summed E-state index contributed by atoms with van der Waals surface area (Å²) in [6, 6.07) is 6.17. The molecule has 1 aliphatic carbocycles. The first-order chi connectivity index (χ1) is 19.3. The number of carbonyl (C=O) groups is 2. The third-order valence-electron chi connectivity index (χ3n) is 8.57. The zero-order chi connectivity index (χ0) is 29.7. The number of carboxylic acids is 1. The summed E-state index contributed by atoms with van der Waals surface area (Å²) < 4.78 is 74.1. The number of piperazine rings is 1. The Bertz CT molecular complexity index is 1320. The number of aromatic carboxylic acids is 1. The highest BCUT2D eigenvalue weighted by atomic mass is 19.4. The van der Waals surface area contributed by atoms with Crippen LogP contribution in [0, 0.1) is 17.6 Å². The van der Waals surface area contributed by atoms with Crippen molar-refractivity contribution in [2.75, 3.05) is 43.1 Å². The van der Waals surface area contributed by atoms with E-state index in [4.69, 9.17) is 4.74 Å². The van der Waals surface area contributed by atoms with Gasteiger partial charge in [0.05, 0.1) is 17.7 Å². The van der Waals surface area contributed by atoms with Gasteiger partial charge in [0.15, 0.2) is 0 Å². The van der Waals surface area contributed by atoms with Gasteiger partial charge >= 0.3 is 12.1 Å². The molecule has 1 saturated carbocycles. The van der Waals surface area contributed by atoms with Gasteiger partial charge in [-0.25, -0.2) is 13.6 Å². The van der Waals surface area contributed by atoms with Crippen molar-refractivity contribution < 1.29 is 41.4 Å². The second-order valence-electron chi connectivity index (χ2n) is 11.2. The highest BCUT2D eigenvalue weighted by Gasteiger charge is 2.55. The Morgan fingerprint density at radius 3 is 2.39 bits per heavy atom. The SMILES string of the molecule is C[C@H]1CN([C@@H]2CC[C@@](C(=O)N(C)c3cc(F)cc(C(F)(F)F)c3)(C3CC3)OC2)CCN1c1ccc(F)c(C(=O)O)c1. The molecule has 2 aromatic rings. The third-order valence-corrected chi connectivity index (χ3v) is 8.57. The van der Waals surface area contributed by atoms with Gasteiger partial charge in [-0.2, -0.15) is 13.2 Å². The molecule has 5 rings (SSSR count).